The summed E-state index contributed by atoms with van der Waals surface area (Å²) in [5.74, 6) is 0.569. The molecule has 1 N–H and O–H groups in total. The summed E-state index contributed by atoms with van der Waals surface area (Å²) in [4.78, 5) is 12.1. The number of benzene rings is 1. The van der Waals surface area contributed by atoms with Crippen molar-refractivity contribution in [3.8, 4) is 5.75 Å². The van der Waals surface area contributed by atoms with Crippen LogP contribution >= 0.6 is 0 Å². The van der Waals surface area contributed by atoms with Gasteiger partial charge < -0.3 is 10.1 Å². The predicted octanol–water partition coefficient (Wildman–Crippen LogP) is 2.41. The van der Waals surface area contributed by atoms with E-state index >= 15 is 0 Å². The van der Waals surface area contributed by atoms with Gasteiger partial charge in [-0.1, -0.05) is 0 Å². The van der Waals surface area contributed by atoms with Crippen molar-refractivity contribution in [3.05, 3.63) is 29.6 Å². The summed E-state index contributed by atoms with van der Waals surface area (Å²) >= 11 is 0. The fraction of sp³-hybridized carbons (Fsp3) is 0.500. The smallest absolute Gasteiger partial charge is 0.166 e. The summed E-state index contributed by atoms with van der Waals surface area (Å²) in [5.41, 5.74) is 0.350. The van der Waals surface area contributed by atoms with E-state index in [0.717, 1.165) is 25.9 Å². The Balaban J connectivity index is 2.00. The van der Waals surface area contributed by atoms with Crippen LogP contribution in [0.25, 0.3) is 0 Å². The number of carbonyl (C=O) groups excluding carboxylic acids is 1. The molecule has 1 aliphatic heterocycles. The maximum Gasteiger partial charge on any atom is 0.166 e. The van der Waals surface area contributed by atoms with Crippen molar-refractivity contribution in [2.45, 2.75) is 19.3 Å². The maximum absolute atomic E-state index is 13.2. The molecule has 1 aromatic carbocycles. The van der Waals surface area contributed by atoms with Gasteiger partial charge in [0.15, 0.2) is 5.78 Å². The van der Waals surface area contributed by atoms with Gasteiger partial charge in [0.05, 0.1) is 12.7 Å². The van der Waals surface area contributed by atoms with Crippen molar-refractivity contribution < 1.29 is 13.9 Å². The van der Waals surface area contributed by atoms with E-state index in [0.29, 0.717) is 23.7 Å². The first-order chi connectivity index (χ1) is 8.70. The van der Waals surface area contributed by atoms with E-state index in [1.165, 1.54) is 25.3 Å². The molecule has 0 amide bonds. The topological polar surface area (TPSA) is 38.3 Å². The van der Waals surface area contributed by atoms with Gasteiger partial charge in [0.2, 0.25) is 0 Å². The van der Waals surface area contributed by atoms with Crippen LogP contribution in [-0.2, 0) is 0 Å². The van der Waals surface area contributed by atoms with E-state index in [-0.39, 0.29) is 5.78 Å². The van der Waals surface area contributed by atoms with E-state index in [9.17, 15) is 9.18 Å². The highest BCUT2D eigenvalue weighted by molar-refractivity contribution is 5.98. The Kier molecular flexibility index (Phi) is 4.31. The standard InChI is InChI=1S/C14H18FNO2/c1-18-14-5-3-11(15)8-12(14)13(17)4-2-10-6-7-16-9-10/h3,5,8,10,16H,2,4,6-7,9H2,1H3. The molecule has 18 heavy (non-hydrogen) atoms. The van der Waals surface area contributed by atoms with Gasteiger partial charge in [-0.15, -0.1) is 0 Å². The number of hydrogen-bond donors (Lipinski definition) is 1. The molecule has 1 saturated heterocycles. The second-order valence-electron chi connectivity index (χ2n) is 4.67. The summed E-state index contributed by atoms with van der Waals surface area (Å²) in [6, 6.07) is 4.06. The first-order valence-electron chi connectivity index (χ1n) is 6.28. The third-order valence-corrected chi connectivity index (χ3v) is 3.40. The highest BCUT2D eigenvalue weighted by atomic mass is 19.1. The number of Topliss-reactive ketones (excluding diaryl/α,β-unsaturated/α-hetero) is 1. The molecule has 0 bridgehead atoms. The van der Waals surface area contributed by atoms with Crippen LogP contribution in [0.5, 0.6) is 5.75 Å². The molecule has 98 valence electrons. The van der Waals surface area contributed by atoms with Gasteiger partial charge >= 0.3 is 0 Å². The zero-order valence-electron chi connectivity index (χ0n) is 10.5. The number of ether oxygens (including phenoxy) is 1. The van der Waals surface area contributed by atoms with E-state index in [1.54, 1.807) is 0 Å². The number of nitrogens with one attached hydrogen (secondary N) is 1. The average Bonchev–Trinajstić information content (AvgIpc) is 2.89. The Labute approximate surface area is 106 Å². The lowest BCUT2D eigenvalue weighted by Crippen LogP contribution is -2.11. The average molecular weight is 251 g/mol. The highest BCUT2D eigenvalue weighted by Gasteiger charge is 2.18. The third-order valence-electron chi connectivity index (χ3n) is 3.40. The fourth-order valence-electron chi connectivity index (χ4n) is 2.33. The van der Waals surface area contributed by atoms with Gasteiger partial charge in [-0.25, -0.2) is 4.39 Å². The Bertz CT molecular complexity index is 428. The predicted molar refractivity (Wildman–Crippen MR) is 67.5 cm³/mol. The summed E-state index contributed by atoms with van der Waals surface area (Å²) in [5, 5.41) is 3.27. The lowest BCUT2D eigenvalue weighted by molar-refractivity contribution is 0.0971. The van der Waals surface area contributed by atoms with Gasteiger partial charge in [-0.3, -0.25) is 4.79 Å². The number of rotatable bonds is 5. The molecule has 3 nitrogen and oxygen atoms in total. The minimum atomic E-state index is -0.401. The Morgan fingerprint density at radius 2 is 2.39 bits per heavy atom. The molecule has 4 heteroatoms. The molecule has 0 aromatic heterocycles. The zero-order valence-corrected chi connectivity index (χ0v) is 10.5. The molecule has 1 heterocycles. The van der Waals surface area contributed by atoms with Gasteiger partial charge in [-0.2, -0.15) is 0 Å². The third kappa shape index (κ3) is 3.07. The van der Waals surface area contributed by atoms with Crippen molar-refractivity contribution in [2.75, 3.05) is 20.2 Å². The van der Waals surface area contributed by atoms with Crippen LogP contribution < -0.4 is 10.1 Å². The SMILES string of the molecule is COc1ccc(F)cc1C(=O)CCC1CCNC1. The first kappa shape index (κ1) is 13.0. The van der Waals surface area contributed by atoms with Crippen LogP contribution in [0.1, 0.15) is 29.6 Å². The summed E-state index contributed by atoms with van der Waals surface area (Å²) in [6.07, 6.45) is 2.42. The van der Waals surface area contributed by atoms with E-state index in [2.05, 4.69) is 5.32 Å². The van der Waals surface area contributed by atoms with Crippen molar-refractivity contribution in [2.24, 2.45) is 5.92 Å². The number of methoxy groups -OCH3 is 1. The van der Waals surface area contributed by atoms with Crippen LogP contribution in [-0.4, -0.2) is 26.0 Å². The largest absolute Gasteiger partial charge is 0.496 e. The van der Waals surface area contributed by atoms with Crippen LogP contribution in [0, 0.1) is 11.7 Å². The molecule has 0 aliphatic carbocycles. The molecule has 1 fully saturated rings. The molecule has 0 saturated carbocycles. The molecule has 1 unspecified atom stereocenters. The zero-order chi connectivity index (χ0) is 13.0. The minimum Gasteiger partial charge on any atom is -0.496 e. The number of halogens is 1. The monoisotopic (exact) mass is 251 g/mol. The lowest BCUT2D eigenvalue weighted by Gasteiger charge is -2.10. The van der Waals surface area contributed by atoms with Crippen LogP contribution in [0.3, 0.4) is 0 Å². The van der Waals surface area contributed by atoms with Gasteiger partial charge in [-0.05, 0) is 50.0 Å². The van der Waals surface area contributed by atoms with Crippen LogP contribution in [0.15, 0.2) is 18.2 Å². The normalized spacial score (nSPS) is 18.9. The van der Waals surface area contributed by atoms with Crippen molar-refractivity contribution in [3.63, 3.8) is 0 Å². The lowest BCUT2D eigenvalue weighted by atomic mass is 9.97. The van der Waals surface area contributed by atoms with Crippen LogP contribution in [0.4, 0.5) is 4.39 Å². The minimum absolute atomic E-state index is 0.0433. The second-order valence-corrected chi connectivity index (χ2v) is 4.67. The fourth-order valence-corrected chi connectivity index (χ4v) is 2.33. The van der Waals surface area contributed by atoms with Crippen molar-refractivity contribution in [1.82, 2.24) is 5.32 Å². The van der Waals surface area contributed by atoms with Crippen LogP contribution in [0.2, 0.25) is 0 Å². The maximum atomic E-state index is 13.2. The Morgan fingerprint density at radius 3 is 3.06 bits per heavy atom. The number of hydrogen-bond acceptors (Lipinski definition) is 3. The van der Waals surface area contributed by atoms with Gasteiger partial charge in [0.25, 0.3) is 0 Å². The summed E-state index contributed by atoms with van der Waals surface area (Å²) in [7, 11) is 1.49. The van der Waals surface area contributed by atoms with E-state index in [1.807, 2.05) is 0 Å². The number of ketones is 1. The molecular formula is C14H18FNO2. The summed E-state index contributed by atoms with van der Waals surface area (Å²) < 4.78 is 18.3. The van der Waals surface area contributed by atoms with E-state index in [4.69, 9.17) is 4.74 Å². The molecule has 0 radical (unpaired) electrons. The molecule has 1 aliphatic rings. The number of carbonyl (C=O) groups is 1. The van der Waals surface area contributed by atoms with E-state index < -0.39 is 5.82 Å². The first-order valence-corrected chi connectivity index (χ1v) is 6.28. The second kappa shape index (κ2) is 5.96. The summed E-state index contributed by atoms with van der Waals surface area (Å²) in [6.45, 7) is 2.01. The Morgan fingerprint density at radius 1 is 1.56 bits per heavy atom. The highest BCUT2D eigenvalue weighted by Crippen LogP contribution is 2.23. The Hall–Kier alpha value is -1.42. The molecule has 1 atom stereocenters. The van der Waals surface area contributed by atoms with Crippen molar-refractivity contribution >= 4 is 5.78 Å². The molecule has 1 aromatic rings. The van der Waals surface area contributed by atoms with Gasteiger partial charge in [0.1, 0.15) is 11.6 Å². The van der Waals surface area contributed by atoms with Crippen molar-refractivity contribution in [1.29, 1.82) is 0 Å². The molecule has 2 rings (SSSR count). The molecular weight excluding hydrogens is 233 g/mol. The van der Waals surface area contributed by atoms with Gasteiger partial charge in [0, 0.05) is 6.42 Å². The quantitative estimate of drug-likeness (QED) is 0.817. The molecule has 0 spiro atoms.